The van der Waals surface area contributed by atoms with Crippen molar-refractivity contribution in [1.29, 1.82) is 0 Å². The van der Waals surface area contributed by atoms with Gasteiger partial charge in [0.2, 0.25) is 10.0 Å². The topological polar surface area (TPSA) is 128 Å². The Balaban J connectivity index is 1.94. The van der Waals surface area contributed by atoms with Crippen LogP contribution in [0.5, 0.6) is 11.5 Å². The summed E-state index contributed by atoms with van der Waals surface area (Å²) in [6, 6.07) is 7.29. The van der Waals surface area contributed by atoms with Crippen molar-refractivity contribution in [2.24, 2.45) is 0 Å². The van der Waals surface area contributed by atoms with E-state index in [2.05, 4.69) is 5.32 Å². The molecule has 31 heavy (non-hydrogen) atoms. The largest absolute Gasteiger partial charge is 0.493 e. The second-order valence-electron chi connectivity index (χ2n) is 6.86. The lowest BCUT2D eigenvalue weighted by Crippen LogP contribution is -2.36. The van der Waals surface area contributed by atoms with Gasteiger partial charge in [-0.1, -0.05) is 0 Å². The Labute approximate surface area is 180 Å². The lowest BCUT2D eigenvalue weighted by Gasteiger charge is -2.30. The van der Waals surface area contributed by atoms with E-state index < -0.39 is 26.5 Å². The maximum Gasteiger partial charge on any atom is 0.286 e. The molecule has 1 aliphatic heterocycles. The van der Waals surface area contributed by atoms with Crippen LogP contribution in [0.2, 0.25) is 0 Å². The van der Waals surface area contributed by atoms with Crippen LogP contribution in [0.25, 0.3) is 0 Å². The fraction of sp³-hybridized carbons (Fsp3) is 0.350. The van der Waals surface area contributed by atoms with Gasteiger partial charge in [-0.2, -0.15) is 0 Å². The zero-order chi connectivity index (χ0) is 22.8. The molecule has 0 radical (unpaired) electrons. The van der Waals surface area contributed by atoms with Crippen molar-refractivity contribution in [2.75, 3.05) is 36.1 Å². The Morgan fingerprint density at radius 2 is 1.87 bits per heavy atom. The highest BCUT2D eigenvalue weighted by molar-refractivity contribution is 7.92. The number of amides is 1. The number of anilines is 2. The zero-order valence-electron chi connectivity index (χ0n) is 17.4. The highest BCUT2D eigenvalue weighted by atomic mass is 32.2. The van der Waals surface area contributed by atoms with Crippen molar-refractivity contribution in [1.82, 2.24) is 0 Å². The first kappa shape index (κ1) is 22.3. The summed E-state index contributed by atoms with van der Waals surface area (Å²) in [7, 11) is -0.688. The van der Waals surface area contributed by atoms with Crippen LogP contribution in [0, 0.1) is 10.1 Å². The van der Waals surface area contributed by atoms with Crippen LogP contribution in [-0.4, -0.2) is 45.8 Å². The minimum Gasteiger partial charge on any atom is -0.493 e. The smallest absolute Gasteiger partial charge is 0.286 e. The molecule has 1 aliphatic rings. The van der Waals surface area contributed by atoms with Gasteiger partial charge in [-0.3, -0.25) is 19.2 Å². The van der Waals surface area contributed by atoms with Gasteiger partial charge in [0.1, 0.15) is 5.56 Å². The van der Waals surface area contributed by atoms with E-state index in [0.717, 1.165) is 11.6 Å². The molecule has 0 aromatic heterocycles. The van der Waals surface area contributed by atoms with Gasteiger partial charge < -0.3 is 14.8 Å². The summed E-state index contributed by atoms with van der Waals surface area (Å²) < 4.78 is 36.3. The summed E-state index contributed by atoms with van der Waals surface area (Å²) >= 11 is 0. The van der Waals surface area contributed by atoms with E-state index in [1.165, 1.54) is 24.6 Å². The van der Waals surface area contributed by atoms with E-state index in [1.54, 1.807) is 25.1 Å². The second-order valence-corrected chi connectivity index (χ2v) is 9.04. The number of benzene rings is 2. The van der Waals surface area contributed by atoms with Crippen molar-refractivity contribution in [3.63, 3.8) is 0 Å². The fourth-order valence-corrected chi connectivity index (χ4v) is 4.68. The number of methoxy groups -OCH3 is 2. The fourth-order valence-electron chi connectivity index (χ4n) is 3.48. The SMILES string of the molecule is CCS(=O)(=O)N1CCCc2cc(NC(=O)c3cc(OC)c(OC)cc3[N+](=O)[O-])ccc21. The summed E-state index contributed by atoms with van der Waals surface area (Å²) in [5, 5.41) is 14.1. The van der Waals surface area contributed by atoms with Crippen LogP contribution in [0.3, 0.4) is 0 Å². The molecule has 0 saturated carbocycles. The highest BCUT2D eigenvalue weighted by Gasteiger charge is 2.27. The third-order valence-corrected chi connectivity index (χ3v) is 6.84. The molecule has 3 rings (SSSR count). The van der Waals surface area contributed by atoms with Crippen molar-refractivity contribution < 1.29 is 27.6 Å². The number of rotatable bonds is 7. The van der Waals surface area contributed by atoms with Crippen molar-refractivity contribution in [3.05, 3.63) is 51.6 Å². The Morgan fingerprint density at radius 3 is 2.48 bits per heavy atom. The molecular weight excluding hydrogens is 426 g/mol. The van der Waals surface area contributed by atoms with Crippen LogP contribution in [0.1, 0.15) is 29.3 Å². The zero-order valence-corrected chi connectivity index (χ0v) is 18.2. The van der Waals surface area contributed by atoms with E-state index in [9.17, 15) is 23.3 Å². The lowest BCUT2D eigenvalue weighted by molar-refractivity contribution is -0.385. The van der Waals surface area contributed by atoms with E-state index in [1.807, 2.05) is 0 Å². The average Bonchev–Trinajstić information content (AvgIpc) is 2.77. The van der Waals surface area contributed by atoms with Gasteiger partial charge in [0, 0.05) is 18.3 Å². The normalized spacial score (nSPS) is 13.3. The average molecular weight is 449 g/mol. The number of sulfonamides is 1. The summed E-state index contributed by atoms with van der Waals surface area (Å²) in [6.45, 7) is 2.00. The third-order valence-electron chi connectivity index (χ3n) is 5.06. The molecule has 0 saturated heterocycles. The third kappa shape index (κ3) is 4.41. The number of aryl methyl sites for hydroxylation is 1. The van der Waals surface area contributed by atoms with Crippen LogP contribution in [-0.2, 0) is 16.4 Å². The predicted molar refractivity (Wildman–Crippen MR) is 116 cm³/mol. The lowest BCUT2D eigenvalue weighted by atomic mass is 10.0. The molecule has 0 spiro atoms. The molecule has 2 aromatic rings. The van der Waals surface area contributed by atoms with E-state index in [0.29, 0.717) is 30.8 Å². The summed E-state index contributed by atoms with van der Waals surface area (Å²) in [5.74, 6) is -0.379. The van der Waals surface area contributed by atoms with Gasteiger partial charge in [0.25, 0.3) is 11.6 Å². The molecule has 0 fully saturated rings. The van der Waals surface area contributed by atoms with Gasteiger partial charge >= 0.3 is 0 Å². The molecular formula is C20H23N3O7S. The summed E-state index contributed by atoms with van der Waals surface area (Å²) in [5.41, 5.74) is 1.17. The number of nitro benzene ring substituents is 1. The Hall–Kier alpha value is -3.34. The van der Waals surface area contributed by atoms with Gasteiger partial charge in [0.15, 0.2) is 11.5 Å². The quantitative estimate of drug-likeness (QED) is 0.508. The van der Waals surface area contributed by atoms with Crippen LogP contribution in [0.4, 0.5) is 17.1 Å². The van der Waals surface area contributed by atoms with E-state index in [4.69, 9.17) is 9.47 Å². The number of carbonyl (C=O) groups excluding carboxylic acids is 1. The number of nitrogens with zero attached hydrogens (tertiary/aromatic N) is 2. The van der Waals surface area contributed by atoms with Gasteiger partial charge in [0.05, 0.1) is 36.6 Å². The van der Waals surface area contributed by atoms with Gasteiger partial charge in [-0.05, 0) is 43.5 Å². The second kappa shape index (κ2) is 8.80. The van der Waals surface area contributed by atoms with E-state index in [-0.39, 0.29) is 22.8 Å². The molecule has 0 unspecified atom stereocenters. The molecule has 166 valence electrons. The maximum absolute atomic E-state index is 12.8. The molecule has 2 aromatic carbocycles. The van der Waals surface area contributed by atoms with Gasteiger partial charge in [-0.25, -0.2) is 8.42 Å². The van der Waals surface area contributed by atoms with Crippen molar-refractivity contribution >= 4 is 33.0 Å². The monoisotopic (exact) mass is 449 g/mol. The Bertz CT molecular complexity index is 1130. The van der Waals surface area contributed by atoms with Crippen LogP contribution < -0.4 is 19.1 Å². The first-order valence-electron chi connectivity index (χ1n) is 9.57. The molecule has 1 heterocycles. The minimum atomic E-state index is -3.40. The highest BCUT2D eigenvalue weighted by Crippen LogP contribution is 2.36. The number of carbonyl (C=O) groups is 1. The molecule has 1 N–H and O–H groups in total. The number of nitrogens with one attached hydrogen (secondary N) is 1. The molecule has 10 nitrogen and oxygen atoms in total. The maximum atomic E-state index is 12.8. The Morgan fingerprint density at radius 1 is 1.19 bits per heavy atom. The van der Waals surface area contributed by atoms with Gasteiger partial charge in [-0.15, -0.1) is 0 Å². The molecule has 0 bridgehead atoms. The summed E-state index contributed by atoms with van der Waals surface area (Å²) in [6.07, 6.45) is 1.32. The molecule has 1 amide bonds. The number of hydrogen-bond donors (Lipinski definition) is 1. The summed E-state index contributed by atoms with van der Waals surface area (Å²) in [4.78, 5) is 23.6. The van der Waals surface area contributed by atoms with Crippen LogP contribution >= 0.6 is 0 Å². The van der Waals surface area contributed by atoms with Crippen LogP contribution in [0.15, 0.2) is 30.3 Å². The number of nitro groups is 1. The predicted octanol–water partition coefficient (Wildman–Crippen LogP) is 2.97. The number of ether oxygens (including phenoxy) is 2. The number of fused-ring (bicyclic) bond motifs is 1. The molecule has 0 aliphatic carbocycles. The standard InChI is InChI=1S/C20H23N3O7S/c1-4-31(27,28)22-9-5-6-13-10-14(7-8-16(13)22)21-20(24)15-11-18(29-2)19(30-3)12-17(15)23(25)26/h7-8,10-12H,4-6,9H2,1-3H3,(H,21,24). The van der Waals surface area contributed by atoms with Crippen molar-refractivity contribution in [2.45, 2.75) is 19.8 Å². The molecule has 0 atom stereocenters. The number of hydrogen-bond acceptors (Lipinski definition) is 7. The van der Waals surface area contributed by atoms with Crippen molar-refractivity contribution in [3.8, 4) is 11.5 Å². The van der Waals surface area contributed by atoms with E-state index >= 15 is 0 Å². The first-order valence-corrected chi connectivity index (χ1v) is 11.2. The first-order chi connectivity index (χ1) is 14.7. The minimum absolute atomic E-state index is 0.00605. The Kier molecular flexibility index (Phi) is 6.34. The molecule has 11 heteroatoms.